The van der Waals surface area contributed by atoms with Crippen LogP contribution in [0.1, 0.15) is 45.3 Å². The van der Waals surface area contributed by atoms with Crippen molar-refractivity contribution < 1.29 is 14.3 Å². The summed E-state index contributed by atoms with van der Waals surface area (Å²) in [6.45, 7) is 3.56. The fourth-order valence-corrected chi connectivity index (χ4v) is 4.30. The zero-order valence-corrected chi connectivity index (χ0v) is 18.4. The van der Waals surface area contributed by atoms with Crippen LogP contribution >= 0.6 is 0 Å². The van der Waals surface area contributed by atoms with Crippen LogP contribution in [-0.2, 0) is 19.4 Å². The molecule has 1 aliphatic rings. The zero-order valence-electron chi connectivity index (χ0n) is 18.4. The molecule has 0 fully saturated rings. The minimum atomic E-state index is -0.130. The molecule has 1 N–H and O–H groups in total. The smallest absolute Gasteiger partial charge is 0.271 e. The number of ether oxygens (including phenoxy) is 2. The van der Waals surface area contributed by atoms with E-state index in [0.29, 0.717) is 36.1 Å². The van der Waals surface area contributed by atoms with Crippen LogP contribution in [0.4, 0.5) is 0 Å². The van der Waals surface area contributed by atoms with E-state index in [-0.39, 0.29) is 5.91 Å². The number of imidazole rings is 1. The number of hydrogen-bond acceptors (Lipinski definition) is 4. The molecule has 3 aromatic rings. The number of aryl methyl sites for hydroxylation is 2. The first-order chi connectivity index (χ1) is 15.1. The van der Waals surface area contributed by atoms with E-state index >= 15 is 0 Å². The lowest BCUT2D eigenvalue weighted by molar-refractivity contribution is 0.0949. The fourth-order valence-electron chi connectivity index (χ4n) is 4.30. The van der Waals surface area contributed by atoms with Gasteiger partial charge in [0, 0.05) is 31.6 Å². The normalized spacial score (nSPS) is 15.3. The lowest BCUT2D eigenvalue weighted by Crippen LogP contribution is -2.26. The number of fused-ring (bicyclic) bond motifs is 1. The van der Waals surface area contributed by atoms with Crippen molar-refractivity contribution in [1.82, 2.24) is 14.9 Å². The number of methoxy groups -OCH3 is 2. The van der Waals surface area contributed by atoms with E-state index in [1.54, 1.807) is 14.2 Å². The van der Waals surface area contributed by atoms with Gasteiger partial charge >= 0.3 is 0 Å². The predicted molar refractivity (Wildman–Crippen MR) is 120 cm³/mol. The Balaban J connectivity index is 1.36. The van der Waals surface area contributed by atoms with Crippen molar-refractivity contribution in [3.05, 3.63) is 76.9 Å². The average molecular weight is 420 g/mol. The molecule has 162 valence electrons. The van der Waals surface area contributed by atoms with Gasteiger partial charge in [-0.05, 0) is 48.6 Å². The second-order valence-electron chi connectivity index (χ2n) is 7.98. The maximum atomic E-state index is 12.7. The topological polar surface area (TPSA) is 65.4 Å². The Labute approximate surface area is 183 Å². The van der Waals surface area contributed by atoms with Crippen LogP contribution in [-0.4, -0.2) is 36.2 Å². The molecule has 0 saturated carbocycles. The molecule has 1 unspecified atom stereocenters. The van der Waals surface area contributed by atoms with Gasteiger partial charge in [0.25, 0.3) is 5.91 Å². The molecular formula is C25H29N3O3. The summed E-state index contributed by atoms with van der Waals surface area (Å²) < 4.78 is 12.8. The molecule has 2 heterocycles. The highest BCUT2D eigenvalue weighted by Gasteiger charge is 2.24. The number of carbonyl (C=O) groups is 1. The minimum Gasteiger partial charge on any atom is -0.493 e. The first kappa shape index (κ1) is 21.0. The van der Waals surface area contributed by atoms with Crippen LogP contribution in [0.25, 0.3) is 0 Å². The Morgan fingerprint density at radius 2 is 1.97 bits per heavy atom. The third-order valence-electron chi connectivity index (χ3n) is 6.00. The van der Waals surface area contributed by atoms with Gasteiger partial charge in [-0.2, -0.15) is 0 Å². The van der Waals surface area contributed by atoms with Crippen LogP contribution < -0.4 is 14.8 Å². The third kappa shape index (κ3) is 4.58. The molecule has 31 heavy (non-hydrogen) atoms. The quantitative estimate of drug-likeness (QED) is 0.631. The monoisotopic (exact) mass is 419 g/mol. The summed E-state index contributed by atoms with van der Waals surface area (Å²) in [6.07, 6.45) is 4.54. The molecule has 1 aliphatic heterocycles. The Kier molecular flexibility index (Phi) is 6.26. The van der Waals surface area contributed by atoms with Crippen molar-refractivity contribution >= 4 is 5.91 Å². The van der Waals surface area contributed by atoms with Crippen molar-refractivity contribution in [2.24, 2.45) is 0 Å². The summed E-state index contributed by atoms with van der Waals surface area (Å²) in [5.74, 6) is 2.72. The first-order valence-electron chi connectivity index (χ1n) is 10.7. The lowest BCUT2D eigenvalue weighted by atomic mass is 9.89. The van der Waals surface area contributed by atoms with Gasteiger partial charge < -0.3 is 19.4 Å². The number of hydrogen-bond donors (Lipinski definition) is 1. The Morgan fingerprint density at radius 3 is 2.74 bits per heavy atom. The fraction of sp³-hybridized carbons (Fsp3) is 0.360. The second-order valence-corrected chi connectivity index (χ2v) is 7.98. The summed E-state index contributed by atoms with van der Waals surface area (Å²) in [5.41, 5.74) is 4.28. The maximum Gasteiger partial charge on any atom is 0.271 e. The number of amides is 1. The highest BCUT2D eigenvalue weighted by atomic mass is 16.5. The van der Waals surface area contributed by atoms with E-state index in [2.05, 4.69) is 46.1 Å². The van der Waals surface area contributed by atoms with Gasteiger partial charge in [0.2, 0.25) is 0 Å². The van der Waals surface area contributed by atoms with E-state index < -0.39 is 0 Å². The van der Waals surface area contributed by atoms with Gasteiger partial charge in [0.15, 0.2) is 11.5 Å². The molecule has 1 aromatic heterocycles. The molecule has 6 heteroatoms. The summed E-state index contributed by atoms with van der Waals surface area (Å²) in [7, 11) is 3.24. The van der Waals surface area contributed by atoms with Gasteiger partial charge in [-0.3, -0.25) is 4.79 Å². The molecule has 4 rings (SSSR count). The number of benzene rings is 2. The molecule has 6 nitrogen and oxygen atoms in total. The molecule has 0 saturated heterocycles. The van der Waals surface area contributed by atoms with Gasteiger partial charge in [-0.25, -0.2) is 4.98 Å². The highest BCUT2D eigenvalue weighted by Crippen LogP contribution is 2.31. The van der Waals surface area contributed by atoms with Crippen molar-refractivity contribution in [3.63, 3.8) is 0 Å². The third-order valence-corrected chi connectivity index (χ3v) is 6.00. The molecular weight excluding hydrogens is 390 g/mol. The van der Waals surface area contributed by atoms with Crippen molar-refractivity contribution in [1.29, 1.82) is 0 Å². The van der Waals surface area contributed by atoms with E-state index in [1.807, 2.05) is 24.4 Å². The maximum absolute atomic E-state index is 12.7. The Morgan fingerprint density at radius 1 is 1.16 bits per heavy atom. The largest absolute Gasteiger partial charge is 0.493 e. The van der Waals surface area contributed by atoms with Gasteiger partial charge in [-0.15, -0.1) is 0 Å². The van der Waals surface area contributed by atoms with Crippen molar-refractivity contribution in [2.75, 3.05) is 20.8 Å². The van der Waals surface area contributed by atoms with E-state index in [9.17, 15) is 4.79 Å². The Bertz CT molecular complexity index is 1070. The SMILES string of the molecule is COc1ccc(CCNC(=O)c2cn3c(n2)CCC(c2ccccc2C)C3)cc1OC. The lowest BCUT2D eigenvalue weighted by Gasteiger charge is -2.25. The molecule has 0 radical (unpaired) electrons. The minimum absolute atomic E-state index is 0.130. The average Bonchev–Trinajstić information content (AvgIpc) is 3.23. The molecule has 0 aliphatic carbocycles. The number of aromatic nitrogens is 2. The molecule has 1 atom stereocenters. The zero-order chi connectivity index (χ0) is 21.8. The van der Waals surface area contributed by atoms with E-state index in [0.717, 1.165) is 30.8 Å². The standard InChI is InChI=1S/C25H29N3O3/c1-17-6-4-5-7-20(17)19-9-11-24-27-21(16-28(24)15-19)25(29)26-13-12-18-8-10-22(30-2)23(14-18)31-3/h4-8,10,14,16,19H,9,11-13,15H2,1-3H3,(H,26,29). The van der Waals surface area contributed by atoms with Crippen LogP contribution in [0.5, 0.6) is 11.5 Å². The molecule has 2 aromatic carbocycles. The van der Waals surface area contributed by atoms with Gasteiger partial charge in [-0.1, -0.05) is 30.3 Å². The number of nitrogens with zero attached hydrogens (tertiary/aromatic N) is 2. The van der Waals surface area contributed by atoms with E-state index in [1.165, 1.54) is 11.1 Å². The summed E-state index contributed by atoms with van der Waals surface area (Å²) in [6, 6.07) is 14.3. The summed E-state index contributed by atoms with van der Waals surface area (Å²) in [5, 5.41) is 2.99. The van der Waals surface area contributed by atoms with Crippen LogP contribution in [0, 0.1) is 6.92 Å². The van der Waals surface area contributed by atoms with Gasteiger partial charge in [0.05, 0.1) is 14.2 Å². The van der Waals surface area contributed by atoms with Crippen LogP contribution in [0.15, 0.2) is 48.7 Å². The van der Waals surface area contributed by atoms with Crippen LogP contribution in [0.3, 0.4) is 0 Å². The summed E-state index contributed by atoms with van der Waals surface area (Å²) in [4.78, 5) is 17.2. The van der Waals surface area contributed by atoms with E-state index in [4.69, 9.17) is 9.47 Å². The molecule has 1 amide bonds. The van der Waals surface area contributed by atoms with Crippen molar-refractivity contribution in [3.8, 4) is 11.5 Å². The molecule has 0 spiro atoms. The van der Waals surface area contributed by atoms with Crippen LogP contribution in [0.2, 0.25) is 0 Å². The second kappa shape index (κ2) is 9.25. The highest BCUT2D eigenvalue weighted by molar-refractivity contribution is 5.92. The predicted octanol–water partition coefficient (Wildman–Crippen LogP) is 3.91. The Hall–Kier alpha value is -3.28. The number of carbonyl (C=O) groups excluding carboxylic acids is 1. The summed E-state index contributed by atoms with van der Waals surface area (Å²) >= 11 is 0. The number of nitrogens with one attached hydrogen (secondary N) is 1. The van der Waals surface area contributed by atoms with Gasteiger partial charge in [0.1, 0.15) is 11.5 Å². The van der Waals surface area contributed by atoms with Crippen molar-refractivity contribution in [2.45, 2.75) is 38.6 Å². The molecule has 0 bridgehead atoms. The first-order valence-corrected chi connectivity index (χ1v) is 10.7. The number of rotatable bonds is 7.